The number of aromatic hydroxyl groups is 1. The summed E-state index contributed by atoms with van der Waals surface area (Å²) >= 11 is 0. The molecule has 0 bridgehead atoms. The van der Waals surface area contributed by atoms with Gasteiger partial charge in [0, 0.05) is 6.42 Å². The zero-order valence-corrected chi connectivity index (χ0v) is 8.18. The Balaban J connectivity index is 2.18. The van der Waals surface area contributed by atoms with Gasteiger partial charge in [-0.05, 0) is 11.6 Å². The molecule has 0 saturated carbocycles. The number of rotatable bonds is 3. The van der Waals surface area contributed by atoms with Crippen LogP contribution in [0.15, 0.2) is 34.9 Å². The van der Waals surface area contributed by atoms with Gasteiger partial charge >= 0.3 is 0 Å². The summed E-state index contributed by atoms with van der Waals surface area (Å²) in [6.45, 7) is 0.292. The van der Waals surface area contributed by atoms with Crippen molar-refractivity contribution in [3.05, 3.63) is 47.7 Å². The lowest BCUT2D eigenvalue weighted by Crippen LogP contribution is -1.97. The van der Waals surface area contributed by atoms with Crippen LogP contribution in [0, 0.1) is 0 Å². The van der Waals surface area contributed by atoms with Crippen molar-refractivity contribution >= 4 is 0 Å². The van der Waals surface area contributed by atoms with E-state index in [0.29, 0.717) is 18.9 Å². The van der Waals surface area contributed by atoms with E-state index in [0.717, 1.165) is 11.3 Å². The molecule has 4 heteroatoms. The van der Waals surface area contributed by atoms with Gasteiger partial charge in [-0.25, -0.2) is 4.98 Å². The molecule has 4 nitrogen and oxygen atoms in total. The SMILES string of the molecule is NCc1nc(Cc2ccccc2O)co1. The number of hydrogen-bond donors (Lipinski definition) is 2. The third kappa shape index (κ3) is 2.16. The van der Waals surface area contributed by atoms with E-state index in [9.17, 15) is 5.11 Å². The molecule has 0 aliphatic carbocycles. The molecule has 1 aromatic heterocycles. The molecule has 1 heterocycles. The number of nitrogens with zero attached hydrogens (tertiary/aromatic N) is 1. The van der Waals surface area contributed by atoms with Gasteiger partial charge in [0.1, 0.15) is 12.0 Å². The van der Waals surface area contributed by atoms with Gasteiger partial charge in [-0.2, -0.15) is 0 Å². The molecule has 78 valence electrons. The van der Waals surface area contributed by atoms with Crippen molar-refractivity contribution in [2.24, 2.45) is 5.73 Å². The number of phenols is 1. The summed E-state index contributed by atoms with van der Waals surface area (Å²) in [5, 5.41) is 9.55. The fourth-order valence-corrected chi connectivity index (χ4v) is 1.38. The van der Waals surface area contributed by atoms with Crippen molar-refractivity contribution in [2.45, 2.75) is 13.0 Å². The minimum Gasteiger partial charge on any atom is -0.508 e. The Morgan fingerprint density at radius 1 is 1.33 bits per heavy atom. The number of para-hydroxylation sites is 1. The molecule has 2 rings (SSSR count). The van der Waals surface area contributed by atoms with E-state index in [1.165, 1.54) is 0 Å². The normalized spacial score (nSPS) is 10.5. The first-order valence-electron chi connectivity index (χ1n) is 4.70. The summed E-state index contributed by atoms with van der Waals surface area (Å²) in [4.78, 5) is 4.16. The smallest absolute Gasteiger partial charge is 0.207 e. The molecule has 3 N–H and O–H groups in total. The van der Waals surface area contributed by atoms with Crippen LogP contribution >= 0.6 is 0 Å². The molecule has 0 fully saturated rings. The van der Waals surface area contributed by atoms with Crippen molar-refractivity contribution < 1.29 is 9.52 Å². The lowest BCUT2D eigenvalue weighted by Gasteiger charge is -2.00. The highest BCUT2D eigenvalue weighted by molar-refractivity contribution is 5.34. The molecule has 0 amide bonds. The van der Waals surface area contributed by atoms with Crippen molar-refractivity contribution in [1.82, 2.24) is 4.98 Å². The Bertz CT molecular complexity index is 451. The second-order valence-electron chi connectivity index (χ2n) is 3.24. The first-order valence-corrected chi connectivity index (χ1v) is 4.70. The summed E-state index contributed by atoms with van der Waals surface area (Å²) < 4.78 is 5.11. The first-order chi connectivity index (χ1) is 7.29. The summed E-state index contributed by atoms with van der Waals surface area (Å²) in [6, 6.07) is 7.16. The van der Waals surface area contributed by atoms with Crippen LogP contribution in [0.5, 0.6) is 5.75 Å². The number of benzene rings is 1. The third-order valence-corrected chi connectivity index (χ3v) is 2.14. The topological polar surface area (TPSA) is 72.3 Å². The fraction of sp³-hybridized carbons (Fsp3) is 0.182. The van der Waals surface area contributed by atoms with Crippen LogP contribution in [0.3, 0.4) is 0 Å². The average molecular weight is 204 g/mol. The summed E-state index contributed by atoms with van der Waals surface area (Å²) in [5.74, 6) is 0.787. The number of phenolic OH excluding ortho intramolecular Hbond substituents is 1. The summed E-state index contributed by atoms with van der Waals surface area (Å²) in [7, 11) is 0. The molecule has 0 aliphatic rings. The van der Waals surface area contributed by atoms with Crippen LogP contribution in [-0.2, 0) is 13.0 Å². The predicted molar refractivity (Wildman–Crippen MR) is 55.3 cm³/mol. The Morgan fingerprint density at radius 2 is 2.13 bits per heavy atom. The Kier molecular flexibility index (Phi) is 2.69. The van der Waals surface area contributed by atoms with Gasteiger partial charge in [0.05, 0.1) is 12.2 Å². The molecule has 2 aromatic rings. The molecule has 15 heavy (non-hydrogen) atoms. The van der Waals surface area contributed by atoms with Gasteiger partial charge in [-0.1, -0.05) is 18.2 Å². The summed E-state index contributed by atoms with van der Waals surface area (Å²) in [5.41, 5.74) is 6.98. The van der Waals surface area contributed by atoms with Crippen LogP contribution in [0.4, 0.5) is 0 Å². The van der Waals surface area contributed by atoms with E-state index >= 15 is 0 Å². The molecule has 0 spiro atoms. The van der Waals surface area contributed by atoms with Gasteiger partial charge < -0.3 is 15.3 Å². The third-order valence-electron chi connectivity index (χ3n) is 2.14. The maximum atomic E-state index is 9.55. The number of nitrogens with two attached hydrogens (primary N) is 1. The van der Waals surface area contributed by atoms with E-state index in [-0.39, 0.29) is 5.75 Å². The fourth-order valence-electron chi connectivity index (χ4n) is 1.38. The van der Waals surface area contributed by atoms with Crippen molar-refractivity contribution in [1.29, 1.82) is 0 Å². The van der Waals surface area contributed by atoms with Gasteiger partial charge in [-0.15, -0.1) is 0 Å². The van der Waals surface area contributed by atoms with Gasteiger partial charge in [0.15, 0.2) is 0 Å². The Labute approximate surface area is 87.4 Å². The van der Waals surface area contributed by atoms with E-state index in [1.807, 2.05) is 12.1 Å². The van der Waals surface area contributed by atoms with Crippen molar-refractivity contribution in [3.63, 3.8) is 0 Å². The van der Waals surface area contributed by atoms with Crippen molar-refractivity contribution in [3.8, 4) is 5.75 Å². The van der Waals surface area contributed by atoms with E-state index in [4.69, 9.17) is 10.2 Å². The predicted octanol–water partition coefficient (Wildman–Crippen LogP) is 1.43. The molecular formula is C11H12N2O2. The molecule has 0 aliphatic heterocycles. The molecule has 0 atom stereocenters. The van der Waals surface area contributed by atoms with Crippen LogP contribution in [0.1, 0.15) is 17.1 Å². The Hall–Kier alpha value is -1.81. The van der Waals surface area contributed by atoms with Gasteiger partial charge in [0.2, 0.25) is 5.89 Å². The first kappa shape index (κ1) is 9.73. The summed E-state index contributed by atoms with van der Waals surface area (Å²) in [6.07, 6.45) is 2.12. The van der Waals surface area contributed by atoms with Crippen LogP contribution in [0.25, 0.3) is 0 Å². The average Bonchev–Trinajstić information content (AvgIpc) is 2.69. The van der Waals surface area contributed by atoms with Gasteiger partial charge in [-0.3, -0.25) is 0 Å². The second-order valence-corrected chi connectivity index (χ2v) is 3.24. The standard InChI is InChI=1S/C11H12N2O2/c12-6-11-13-9(7-15-11)5-8-3-1-2-4-10(8)14/h1-4,7,14H,5-6,12H2. The monoisotopic (exact) mass is 204 g/mol. The highest BCUT2D eigenvalue weighted by Gasteiger charge is 2.05. The zero-order valence-electron chi connectivity index (χ0n) is 8.18. The zero-order chi connectivity index (χ0) is 10.7. The van der Waals surface area contributed by atoms with Gasteiger partial charge in [0.25, 0.3) is 0 Å². The highest BCUT2D eigenvalue weighted by Crippen LogP contribution is 2.19. The number of hydrogen-bond acceptors (Lipinski definition) is 4. The van der Waals surface area contributed by atoms with E-state index in [2.05, 4.69) is 4.98 Å². The van der Waals surface area contributed by atoms with E-state index < -0.39 is 0 Å². The maximum absolute atomic E-state index is 9.55. The molecule has 0 saturated heterocycles. The molecule has 0 unspecified atom stereocenters. The van der Waals surface area contributed by atoms with Crippen LogP contribution < -0.4 is 5.73 Å². The molecule has 1 aromatic carbocycles. The minimum atomic E-state index is 0.273. The lowest BCUT2D eigenvalue weighted by atomic mass is 10.1. The van der Waals surface area contributed by atoms with E-state index in [1.54, 1.807) is 18.4 Å². The van der Waals surface area contributed by atoms with Crippen LogP contribution in [0.2, 0.25) is 0 Å². The van der Waals surface area contributed by atoms with Crippen LogP contribution in [-0.4, -0.2) is 10.1 Å². The maximum Gasteiger partial charge on any atom is 0.207 e. The quantitative estimate of drug-likeness (QED) is 0.793. The van der Waals surface area contributed by atoms with Crippen molar-refractivity contribution in [2.75, 3.05) is 0 Å². The molecular weight excluding hydrogens is 192 g/mol. The lowest BCUT2D eigenvalue weighted by molar-refractivity contribution is 0.469. The highest BCUT2D eigenvalue weighted by atomic mass is 16.3. The minimum absolute atomic E-state index is 0.273. The molecule has 0 radical (unpaired) electrons. The number of oxazole rings is 1. The Morgan fingerprint density at radius 3 is 2.80 bits per heavy atom. The largest absolute Gasteiger partial charge is 0.508 e. The number of aromatic nitrogens is 1. The second kappa shape index (κ2) is 4.14.